The number of rotatable bonds is 7. The molecule has 1 aliphatic heterocycles. The second-order valence-electron chi connectivity index (χ2n) is 7.33. The smallest absolute Gasteiger partial charge is 0.216 e. The summed E-state index contributed by atoms with van der Waals surface area (Å²) in [7, 11) is 3.35. The Hall–Kier alpha value is -2.76. The lowest BCUT2D eigenvalue weighted by molar-refractivity contribution is 0.392. The summed E-state index contributed by atoms with van der Waals surface area (Å²) in [6.07, 6.45) is 2.64. The molecule has 2 aromatic heterocycles. The Morgan fingerprint density at radius 3 is 2.72 bits per heavy atom. The minimum Gasteiger partial charge on any atom is -0.497 e. The Kier molecular flexibility index (Phi) is 8.37. The van der Waals surface area contributed by atoms with E-state index in [1.165, 1.54) is 5.56 Å². The molecule has 1 saturated heterocycles. The number of benzene rings is 1. The van der Waals surface area contributed by atoms with Crippen molar-refractivity contribution in [3.05, 3.63) is 48.0 Å². The third-order valence-electron chi connectivity index (χ3n) is 5.32. The standard InChI is InChI=1S/C22H28N6O3.HI/c1-4-23-22(24-13-20-25-21(27-26-20)19-6-5-9-31-19)28-8-7-15(14-28)16-10-17(29-2)12-18(11-16)30-3;/h5-6,9-12,15H,4,7-8,13-14H2,1-3H3,(H,23,24)(H,25,26,27);1H. The first kappa shape index (κ1) is 23.9. The molecule has 3 heterocycles. The van der Waals surface area contributed by atoms with E-state index in [9.17, 15) is 0 Å². The van der Waals surface area contributed by atoms with Crippen LogP contribution in [0.15, 0.2) is 46.0 Å². The van der Waals surface area contributed by atoms with Crippen molar-refractivity contribution in [2.45, 2.75) is 25.8 Å². The number of furan rings is 1. The average Bonchev–Trinajstić information content (AvgIpc) is 3.57. The van der Waals surface area contributed by atoms with Crippen molar-refractivity contribution in [2.24, 2.45) is 4.99 Å². The van der Waals surface area contributed by atoms with Gasteiger partial charge < -0.3 is 24.1 Å². The van der Waals surface area contributed by atoms with Crippen molar-refractivity contribution in [2.75, 3.05) is 33.9 Å². The van der Waals surface area contributed by atoms with Crippen LogP contribution in [-0.2, 0) is 6.54 Å². The van der Waals surface area contributed by atoms with Gasteiger partial charge in [-0.2, -0.15) is 0 Å². The Labute approximate surface area is 204 Å². The van der Waals surface area contributed by atoms with Crippen molar-refractivity contribution in [1.82, 2.24) is 25.4 Å². The van der Waals surface area contributed by atoms with Gasteiger partial charge in [0.1, 0.15) is 23.9 Å². The van der Waals surface area contributed by atoms with Crippen molar-refractivity contribution in [3.63, 3.8) is 0 Å². The number of hydrogen-bond donors (Lipinski definition) is 2. The van der Waals surface area contributed by atoms with Gasteiger partial charge in [0.2, 0.25) is 5.82 Å². The summed E-state index contributed by atoms with van der Waals surface area (Å²) in [6, 6.07) is 9.72. The molecule has 0 radical (unpaired) electrons. The minimum atomic E-state index is 0. The van der Waals surface area contributed by atoms with E-state index in [0.717, 1.165) is 43.5 Å². The molecule has 0 amide bonds. The summed E-state index contributed by atoms with van der Waals surface area (Å²) in [5.74, 6) is 4.73. The monoisotopic (exact) mass is 552 g/mol. The van der Waals surface area contributed by atoms with E-state index in [2.05, 4.69) is 44.5 Å². The number of H-pyrrole nitrogens is 1. The molecule has 32 heavy (non-hydrogen) atoms. The summed E-state index contributed by atoms with van der Waals surface area (Å²) in [5.41, 5.74) is 1.22. The van der Waals surface area contributed by atoms with Gasteiger partial charge in [0.25, 0.3) is 0 Å². The van der Waals surface area contributed by atoms with Crippen LogP contribution in [0.25, 0.3) is 11.6 Å². The van der Waals surface area contributed by atoms with Crippen LogP contribution < -0.4 is 14.8 Å². The van der Waals surface area contributed by atoms with Gasteiger partial charge in [-0.25, -0.2) is 9.98 Å². The van der Waals surface area contributed by atoms with Crippen LogP contribution in [0.4, 0.5) is 0 Å². The number of halogens is 1. The molecule has 9 nitrogen and oxygen atoms in total. The Morgan fingerprint density at radius 1 is 1.28 bits per heavy atom. The zero-order valence-electron chi connectivity index (χ0n) is 18.5. The molecule has 0 bridgehead atoms. The average molecular weight is 552 g/mol. The van der Waals surface area contributed by atoms with Crippen LogP contribution in [0.3, 0.4) is 0 Å². The summed E-state index contributed by atoms with van der Waals surface area (Å²) in [5, 5.41) is 10.5. The van der Waals surface area contributed by atoms with Crippen LogP contribution >= 0.6 is 24.0 Å². The number of aliphatic imine (C=N–C) groups is 1. The number of nitrogens with one attached hydrogen (secondary N) is 2. The fraction of sp³-hybridized carbons (Fsp3) is 0.409. The van der Waals surface area contributed by atoms with Crippen molar-refractivity contribution < 1.29 is 13.9 Å². The minimum absolute atomic E-state index is 0. The zero-order chi connectivity index (χ0) is 21.6. The van der Waals surface area contributed by atoms with Crippen LogP contribution in [0.1, 0.15) is 30.7 Å². The van der Waals surface area contributed by atoms with Crippen molar-refractivity contribution in [3.8, 4) is 23.1 Å². The molecule has 1 fully saturated rings. The quantitative estimate of drug-likeness (QED) is 0.262. The van der Waals surface area contributed by atoms with Crippen LogP contribution in [0.2, 0.25) is 0 Å². The molecule has 0 aliphatic carbocycles. The fourth-order valence-corrected chi connectivity index (χ4v) is 3.75. The lowest BCUT2D eigenvalue weighted by Crippen LogP contribution is -2.40. The van der Waals surface area contributed by atoms with Crippen LogP contribution in [0, 0.1) is 0 Å². The van der Waals surface area contributed by atoms with E-state index < -0.39 is 0 Å². The number of aromatic amines is 1. The predicted octanol–water partition coefficient (Wildman–Crippen LogP) is 3.65. The SMILES string of the molecule is CCNC(=NCc1nc(-c2ccco2)n[nH]1)N1CCC(c2cc(OC)cc(OC)c2)C1.I. The molecule has 10 heteroatoms. The van der Waals surface area contributed by atoms with Gasteiger partial charge in [-0.15, -0.1) is 29.1 Å². The molecule has 4 rings (SSSR count). The highest BCUT2D eigenvalue weighted by molar-refractivity contribution is 14.0. The lowest BCUT2D eigenvalue weighted by atomic mass is 9.98. The molecular weight excluding hydrogens is 523 g/mol. The van der Waals surface area contributed by atoms with Crippen molar-refractivity contribution >= 4 is 29.9 Å². The normalized spacial score (nSPS) is 16.0. The topological polar surface area (TPSA) is 101 Å². The van der Waals surface area contributed by atoms with Gasteiger partial charge >= 0.3 is 0 Å². The van der Waals surface area contributed by atoms with Gasteiger partial charge in [0, 0.05) is 31.6 Å². The molecule has 1 unspecified atom stereocenters. The predicted molar refractivity (Wildman–Crippen MR) is 133 cm³/mol. The molecular formula is C22H29IN6O3. The number of nitrogens with zero attached hydrogens (tertiary/aromatic N) is 4. The Morgan fingerprint density at radius 2 is 2.06 bits per heavy atom. The van der Waals surface area contributed by atoms with E-state index in [4.69, 9.17) is 18.9 Å². The number of likely N-dealkylation sites (tertiary alicyclic amines) is 1. The summed E-state index contributed by atoms with van der Waals surface area (Å²) in [4.78, 5) is 11.5. The Bertz CT molecular complexity index is 998. The Balaban J connectivity index is 0.00000289. The van der Waals surface area contributed by atoms with Gasteiger partial charge in [-0.1, -0.05) is 0 Å². The third-order valence-corrected chi connectivity index (χ3v) is 5.32. The maximum absolute atomic E-state index is 5.43. The van der Waals surface area contributed by atoms with E-state index in [1.54, 1.807) is 20.5 Å². The zero-order valence-corrected chi connectivity index (χ0v) is 20.8. The van der Waals surface area contributed by atoms with E-state index in [1.807, 2.05) is 18.2 Å². The molecule has 0 spiro atoms. The maximum atomic E-state index is 5.43. The molecule has 172 valence electrons. The molecule has 1 atom stereocenters. The number of guanidine groups is 1. The lowest BCUT2D eigenvalue weighted by Gasteiger charge is -2.22. The van der Waals surface area contributed by atoms with E-state index in [-0.39, 0.29) is 24.0 Å². The number of hydrogen-bond acceptors (Lipinski definition) is 6. The van der Waals surface area contributed by atoms with Crippen molar-refractivity contribution in [1.29, 1.82) is 0 Å². The van der Waals surface area contributed by atoms with E-state index in [0.29, 0.717) is 29.9 Å². The number of aromatic nitrogens is 3. The highest BCUT2D eigenvalue weighted by Gasteiger charge is 2.27. The highest BCUT2D eigenvalue weighted by atomic mass is 127. The molecule has 1 aliphatic rings. The maximum Gasteiger partial charge on any atom is 0.216 e. The molecule has 1 aromatic carbocycles. The van der Waals surface area contributed by atoms with Gasteiger partial charge in [-0.05, 0) is 43.2 Å². The molecule has 3 aromatic rings. The van der Waals surface area contributed by atoms with Crippen LogP contribution in [0.5, 0.6) is 11.5 Å². The summed E-state index contributed by atoms with van der Waals surface area (Å²) >= 11 is 0. The highest BCUT2D eigenvalue weighted by Crippen LogP contribution is 2.33. The second-order valence-corrected chi connectivity index (χ2v) is 7.33. The van der Waals surface area contributed by atoms with Gasteiger partial charge in [-0.3, -0.25) is 5.10 Å². The van der Waals surface area contributed by atoms with Gasteiger partial charge in [0.15, 0.2) is 11.7 Å². The number of ether oxygens (including phenoxy) is 2. The second kappa shape index (κ2) is 11.2. The van der Waals surface area contributed by atoms with Crippen LogP contribution in [-0.4, -0.2) is 59.9 Å². The first-order chi connectivity index (χ1) is 15.2. The number of methoxy groups -OCH3 is 2. The first-order valence-corrected chi connectivity index (χ1v) is 10.4. The first-order valence-electron chi connectivity index (χ1n) is 10.4. The fourth-order valence-electron chi connectivity index (χ4n) is 3.75. The van der Waals surface area contributed by atoms with Gasteiger partial charge in [0.05, 0.1) is 20.5 Å². The molecule has 2 N–H and O–H groups in total. The largest absolute Gasteiger partial charge is 0.497 e. The summed E-state index contributed by atoms with van der Waals surface area (Å²) < 4.78 is 16.2. The van der Waals surface area contributed by atoms with E-state index >= 15 is 0 Å². The summed E-state index contributed by atoms with van der Waals surface area (Å²) in [6.45, 7) is 5.06. The molecule has 0 saturated carbocycles. The third kappa shape index (κ3) is 5.53.